The van der Waals surface area contributed by atoms with Gasteiger partial charge in [-0.05, 0) is 131 Å². The summed E-state index contributed by atoms with van der Waals surface area (Å²) >= 11 is 0. The fourth-order valence-electron chi connectivity index (χ4n) is 16.1. The van der Waals surface area contributed by atoms with Crippen LogP contribution >= 0.6 is 0 Å². The van der Waals surface area contributed by atoms with Crippen LogP contribution in [-0.2, 0) is 64.5 Å². The van der Waals surface area contributed by atoms with E-state index in [0.29, 0.717) is 49.2 Å². The van der Waals surface area contributed by atoms with Crippen molar-refractivity contribution in [1.29, 1.82) is 0 Å². The number of rotatable bonds is 16. The van der Waals surface area contributed by atoms with Gasteiger partial charge in [-0.2, -0.15) is 0 Å². The second-order valence-electron chi connectivity index (χ2n) is 24.5. The molecule has 74 heavy (non-hydrogen) atoms. The van der Waals surface area contributed by atoms with Crippen LogP contribution in [0.15, 0.2) is 138 Å². The minimum Gasteiger partial charge on any atom is -0.469 e. The highest BCUT2D eigenvalue weighted by Gasteiger charge is 2.70. The van der Waals surface area contributed by atoms with Gasteiger partial charge in [0.25, 0.3) is 0 Å². The van der Waals surface area contributed by atoms with Gasteiger partial charge in [-0.15, -0.1) is 0 Å². The lowest BCUT2D eigenvalue weighted by atomic mass is 9.33. The van der Waals surface area contributed by atoms with Crippen molar-refractivity contribution in [3.05, 3.63) is 155 Å². The van der Waals surface area contributed by atoms with E-state index in [0.717, 1.165) is 80.0 Å². The van der Waals surface area contributed by atoms with Crippen molar-refractivity contribution in [2.45, 2.75) is 163 Å². The molecule has 0 unspecified atom stereocenters. The number of carbonyl (C=O) groups is 1. The van der Waals surface area contributed by atoms with Crippen molar-refractivity contribution >= 4 is 11.7 Å². The molecule has 0 amide bonds. The van der Waals surface area contributed by atoms with Gasteiger partial charge < -0.3 is 33.3 Å². The summed E-state index contributed by atoms with van der Waals surface area (Å²) in [5, 5.41) is 4.98. The molecular weight excluding hydrogens is 923 g/mol. The van der Waals surface area contributed by atoms with Crippen molar-refractivity contribution in [2.24, 2.45) is 61.8 Å². The first-order valence-electron chi connectivity index (χ1n) is 28.0. The van der Waals surface area contributed by atoms with Crippen LogP contribution in [0.2, 0.25) is 0 Å². The molecule has 4 saturated carbocycles. The predicted octanol–water partition coefficient (Wildman–Crippen LogP) is 13.9. The maximum Gasteiger partial charge on any atom is 0.312 e. The molecule has 4 aromatic carbocycles. The van der Waals surface area contributed by atoms with Gasteiger partial charge in [-0.1, -0.05) is 187 Å². The minimum absolute atomic E-state index is 0.00142. The zero-order valence-corrected chi connectivity index (χ0v) is 45.5. The third kappa shape index (κ3) is 9.76. The summed E-state index contributed by atoms with van der Waals surface area (Å²) in [7, 11) is 1.60. The number of methoxy groups -OCH3 is 1. The summed E-state index contributed by atoms with van der Waals surface area (Å²) < 4.78 is 41.1. The Hall–Kier alpha value is -4.64. The molecule has 9 heteroatoms. The van der Waals surface area contributed by atoms with E-state index in [-0.39, 0.29) is 52.9 Å². The van der Waals surface area contributed by atoms with E-state index >= 15 is 0 Å². The van der Waals surface area contributed by atoms with E-state index in [1.54, 1.807) is 12.7 Å². The summed E-state index contributed by atoms with van der Waals surface area (Å²) in [6.45, 7) is 19.2. The molecule has 0 N–H and O–H groups in total. The van der Waals surface area contributed by atoms with Crippen LogP contribution in [0.5, 0.6) is 0 Å². The smallest absolute Gasteiger partial charge is 0.312 e. The van der Waals surface area contributed by atoms with Gasteiger partial charge in [0.15, 0.2) is 0 Å². The molecule has 5 fully saturated rings. The van der Waals surface area contributed by atoms with Gasteiger partial charge in [-0.3, -0.25) is 4.79 Å². The Bertz CT molecular complexity index is 2570. The lowest BCUT2D eigenvalue weighted by Gasteiger charge is -2.71. The molecule has 0 aromatic heterocycles. The van der Waals surface area contributed by atoms with E-state index < -0.39 is 30.0 Å². The summed E-state index contributed by atoms with van der Waals surface area (Å²) in [5.41, 5.74) is 5.77. The number of esters is 1. The third-order valence-electron chi connectivity index (χ3n) is 20.5. The summed E-state index contributed by atoms with van der Waals surface area (Å²) in [5.74, 6) is 2.12. The van der Waals surface area contributed by atoms with Crippen LogP contribution in [0.4, 0.5) is 0 Å². The highest BCUT2D eigenvalue weighted by molar-refractivity contribution is 5.92. The Morgan fingerprint density at radius 1 is 0.662 bits per heavy atom. The summed E-state index contributed by atoms with van der Waals surface area (Å²) in [4.78, 5) is 20.3. The molecule has 1 aliphatic heterocycles. The average molecular weight is 1010 g/mol. The van der Waals surface area contributed by atoms with Gasteiger partial charge in [-0.25, -0.2) is 0 Å². The van der Waals surface area contributed by atoms with Crippen molar-refractivity contribution in [3.8, 4) is 0 Å². The lowest BCUT2D eigenvalue weighted by molar-refractivity contribution is -0.270. The summed E-state index contributed by atoms with van der Waals surface area (Å²) in [6.07, 6.45) is 8.89. The molecule has 396 valence electrons. The van der Waals surface area contributed by atoms with Crippen LogP contribution in [-0.4, -0.2) is 56.1 Å². The minimum atomic E-state index is -0.896. The molecule has 0 bridgehead atoms. The number of nitrogens with zero attached hydrogens (tertiary/aromatic N) is 1. The van der Waals surface area contributed by atoms with Crippen molar-refractivity contribution in [3.63, 3.8) is 0 Å². The van der Waals surface area contributed by atoms with Crippen LogP contribution in [0, 0.1) is 56.7 Å². The number of oxime groups is 1. The van der Waals surface area contributed by atoms with Crippen molar-refractivity contribution in [2.75, 3.05) is 13.7 Å². The van der Waals surface area contributed by atoms with Gasteiger partial charge in [0.05, 0.1) is 45.1 Å². The molecule has 1 saturated heterocycles. The van der Waals surface area contributed by atoms with Gasteiger partial charge in [0, 0.05) is 0 Å². The molecular formula is C65H83NO8. The van der Waals surface area contributed by atoms with Crippen LogP contribution in [0.25, 0.3) is 0 Å². The maximum atomic E-state index is 14.0. The first-order chi connectivity index (χ1) is 35.7. The van der Waals surface area contributed by atoms with Gasteiger partial charge in [0.2, 0.25) is 6.29 Å². The fraction of sp³-hybridized carbons (Fsp3) is 0.569. The predicted molar refractivity (Wildman–Crippen MR) is 289 cm³/mol. The molecule has 0 radical (unpaired) electrons. The fourth-order valence-corrected chi connectivity index (χ4v) is 16.1. The highest BCUT2D eigenvalue weighted by Crippen LogP contribution is 2.76. The Morgan fingerprint density at radius 3 is 1.88 bits per heavy atom. The number of hydrogen-bond acceptors (Lipinski definition) is 9. The maximum absolute atomic E-state index is 14.0. The van der Waals surface area contributed by atoms with Gasteiger partial charge in [0.1, 0.15) is 30.6 Å². The van der Waals surface area contributed by atoms with Crippen molar-refractivity contribution in [1.82, 2.24) is 0 Å². The number of fused-ring (bicyclic) bond motifs is 7. The molecule has 9 nitrogen and oxygen atoms in total. The standard InChI is InChI=1S/C65H83NO8/c1-44-31-36-65(60(67)68-8)38-37-63(6)50(55(65)45(44)2)29-30-53-62(5)34-33-54(61(3,4)52(62)32-35-64(53,63)7)74-59-56(66-72-42-49-27-19-12-20-28-49)58(71-41-48-25-17-11-18-26-48)57(70-40-47-23-15-10-16-24-47)51(73-59)43-69-39-46-21-13-9-14-22-46/h9-29,44-45,51-55,57-59H,30-43H2,1-8H3/b66-56+/t44-,45+,51-,52+,53-,54+,55+,57-,58-,59+,62+,63-,64-,65+/m1/s1. The second kappa shape index (κ2) is 21.8. The quantitative estimate of drug-likeness (QED) is 0.0474. The SMILES string of the molecule is COC(=O)[C@]12CC[C@@H](C)[C@H](C)[C@H]1C1=CC[C@@H]3[C@@]4(C)CC[C@H](O[C@@H]5O[C@H](COCc6ccccc6)[C@@H](OCc6ccccc6)[C@H](OCc6ccccc6)/C5=N\OCc5ccccc5)C(C)(C)[C@@H]4CC[C@@]3(C)[C@]1(C)CC2. The number of ether oxygens (including phenoxy) is 6. The Labute approximate surface area is 442 Å². The number of benzene rings is 4. The van der Waals surface area contributed by atoms with E-state index in [1.807, 2.05) is 84.9 Å². The van der Waals surface area contributed by atoms with Crippen LogP contribution in [0.3, 0.4) is 0 Å². The average Bonchev–Trinajstić information content (AvgIpc) is 3.41. The molecule has 4 aromatic rings. The summed E-state index contributed by atoms with van der Waals surface area (Å²) in [6, 6.07) is 40.9. The number of hydrogen-bond donors (Lipinski definition) is 0. The van der Waals surface area contributed by atoms with Gasteiger partial charge >= 0.3 is 5.97 Å². The first-order valence-corrected chi connectivity index (χ1v) is 28.0. The zero-order chi connectivity index (χ0) is 51.7. The topological polar surface area (TPSA) is 94.0 Å². The molecule has 0 spiro atoms. The van der Waals surface area contributed by atoms with Crippen molar-refractivity contribution < 1.29 is 38.1 Å². The van der Waals surface area contributed by atoms with Crippen LogP contribution in [0.1, 0.15) is 129 Å². The highest BCUT2D eigenvalue weighted by atomic mass is 16.7. The monoisotopic (exact) mass is 1010 g/mol. The zero-order valence-electron chi connectivity index (χ0n) is 45.5. The van der Waals surface area contributed by atoms with E-state index in [9.17, 15) is 4.79 Å². The van der Waals surface area contributed by atoms with Crippen LogP contribution < -0.4 is 0 Å². The molecule has 1 heterocycles. The lowest BCUT2D eigenvalue weighted by Crippen LogP contribution is -2.66. The number of carbonyl (C=O) groups excluding carboxylic acids is 1. The van der Waals surface area contributed by atoms with E-state index in [2.05, 4.69) is 90.9 Å². The number of allylic oxidation sites excluding steroid dienone is 2. The first kappa shape index (κ1) is 52.8. The molecule has 5 aliphatic carbocycles. The normalized spacial score (nSPS) is 36.8. The second-order valence-corrected chi connectivity index (χ2v) is 24.5. The Kier molecular flexibility index (Phi) is 15.5. The Morgan fingerprint density at radius 2 is 1.26 bits per heavy atom. The molecule has 14 atom stereocenters. The van der Waals surface area contributed by atoms with E-state index in [4.69, 9.17) is 38.4 Å². The largest absolute Gasteiger partial charge is 0.469 e. The third-order valence-corrected chi connectivity index (χ3v) is 20.5. The Balaban J connectivity index is 0.970. The molecule has 10 rings (SSSR count). The molecule has 6 aliphatic rings. The van der Waals surface area contributed by atoms with E-state index in [1.165, 1.54) is 0 Å².